The van der Waals surface area contributed by atoms with Gasteiger partial charge in [0.2, 0.25) is 0 Å². The lowest BCUT2D eigenvalue weighted by atomic mass is 10.2. The molecule has 0 atom stereocenters. The smallest absolute Gasteiger partial charge is 0.0468 e. The normalized spacial score (nSPS) is 25.6. The van der Waals surface area contributed by atoms with Gasteiger partial charge in [0.05, 0.1) is 0 Å². The molecule has 0 saturated carbocycles. The fourth-order valence-corrected chi connectivity index (χ4v) is 1.11. The zero-order chi connectivity index (χ0) is 7.07. The molecule has 58 valence electrons. The van der Waals surface area contributed by atoms with Crippen molar-refractivity contribution >= 4 is 0 Å². The molecule has 0 fully saturated rings. The largest absolute Gasteiger partial charge is 0.381 e. The standard InChI is InChI=1S/C9H16O/c1-2-4-6-8-10-9-7-5-3-1/h1-2H,3-9H2/b2-1+. The third-order valence-corrected chi connectivity index (χ3v) is 1.74. The van der Waals surface area contributed by atoms with Crippen molar-refractivity contribution in [1.29, 1.82) is 0 Å². The minimum absolute atomic E-state index is 0.949. The van der Waals surface area contributed by atoms with Crippen molar-refractivity contribution in [1.82, 2.24) is 0 Å². The van der Waals surface area contributed by atoms with Crippen molar-refractivity contribution in [2.75, 3.05) is 13.2 Å². The first-order chi connectivity index (χ1) is 5.00. The van der Waals surface area contributed by atoms with Crippen molar-refractivity contribution in [3.05, 3.63) is 12.2 Å². The summed E-state index contributed by atoms with van der Waals surface area (Å²) in [6, 6.07) is 0. The lowest BCUT2D eigenvalue weighted by Gasteiger charge is -2.03. The van der Waals surface area contributed by atoms with Crippen molar-refractivity contribution in [2.45, 2.75) is 32.1 Å². The number of hydrogen-bond acceptors (Lipinski definition) is 1. The summed E-state index contributed by atoms with van der Waals surface area (Å²) < 4.78 is 5.38. The van der Waals surface area contributed by atoms with E-state index in [4.69, 9.17) is 4.74 Å². The van der Waals surface area contributed by atoms with Gasteiger partial charge in [0.15, 0.2) is 0 Å². The molecule has 1 aliphatic rings. The van der Waals surface area contributed by atoms with Crippen molar-refractivity contribution < 1.29 is 4.74 Å². The average Bonchev–Trinajstić information content (AvgIpc) is 2.01. The molecule has 1 rings (SSSR count). The van der Waals surface area contributed by atoms with Crippen LogP contribution in [0.25, 0.3) is 0 Å². The fourth-order valence-electron chi connectivity index (χ4n) is 1.11. The molecule has 1 heterocycles. The predicted octanol–water partition coefficient (Wildman–Crippen LogP) is 2.52. The van der Waals surface area contributed by atoms with E-state index >= 15 is 0 Å². The van der Waals surface area contributed by atoms with Crippen molar-refractivity contribution in [3.8, 4) is 0 Å². The van der Waals surface area contributed by atoms with Crippen LogP contribution >= 0.6 is 0 Å². The topological polar surface area (TPSA) is 9.23 Å². The van der Waals surface area contributed by atoms with Gasteiger partial charge in [0.25, 0.3) is 0 Å². The molecule has 0 aliphatic carbocycles. The first-order valence-corrected chi connectivity index (χ1v) is 4.23. The first kappa shape index (κ1) is 7.80. The molecule has 10 heavy (non-hydrogen) atoms. The molecular weight excluding hydrogens is 124 g/mol. The molecule has 0 N–H and O–H groups in total. The van der Waals surface area contributed by atoms with E-state index in [-0.39, 0.29) is 0 Å². The van der Waals surface area contributed by atoms with Gasteiger partial charge in [-0.15, -0.1) is 0 Å². The average molecular weight is 140 g/mol. The highest BCUT2D eigenvalue weighted by Gasteiger charge is 1.91. The van der Waals surface area contributed by atoms with Crippen LogP contribution in [0.2, 0.25) is 0 Å². The molecule has 0 bridgehead atoms. The van der Waals surface area contributed by atoms with Crippen LogP contribution < -0.4 is 0 Å². The van der Waals surface area contributed by atoms with Gasteiger partial charge in [-0.05, 0) is 32.1 Å². The predicted molar refractivity (Wildman–Crippen MR) is 43.0 cm³/mol. The van der Waals surface area contributed by atoms with Crippen LogP contribution in [0.3, 0.4) is 0 Å². The van der Waals surface area contributed by atoms with Gasteiger partial charge in [0, 0.05) is 13.2 Å². The Kier molecular flexibility index (Phi) is 4.28. The second-order valence-corrected chi connectivity index (χ2v) is 2.72. The lowest BCUT2D eigenvalue weighted by molar-refractivity contribution is 0.128. The van der Waals surface area contributed by atoms with Gasteiger partial charge in [0.1, 0.15) is 0 Å². The van der Waals surface area contributed by atoms with Crippen LogP contribution in [0.4, 0.5) is 0 Å². The zero-order valence-electron chi connectivity index (χ0n) is 6.51. The molecule has 0 saturated heterocycles. The Hall–Kier alpha value is -0.300. The summed E-state index contributed by atoms with van der Waals surface area (Å²) in [6.45, 7) is 1.91. The molecule has 0 unspecified atom stereocenters. The summed E-state index contributed by atoms with van der Waals surface area (Å²) in [5.74, 6) is 0. The maximum absolute atomic E-state index is 5.38. The van der Waals surface area contributed by atoms with Crippen LogP contribution in [-0.2, 0) is 4.74 Å². The quantitative estimate of drug-likeness (QED) is 0.470. The van der Waals surface area contributed by atoms with E-state index in [9.17, 15) is 0 Å². The summed E-state index contributed by atoms with van der Waals surface area (Å²) in [4.78, 5) is 0. The van der Waals surface area contributed by atoms with E-state index in [0.29, 0.717) is 0 Å². The van der Waals surface area contributed by atoms with Crippen LogP contribution in [0.15, 0.2) is 12.2 Å². The second-order valence-electron chi connectivity index (χ2n) is 2.72. The first-order valence-electron chi connectivity index (χ1n) is 4.23. The van der Waals surface area contributed by atoms with Crippen LogP contribution in [0, 0.1) is 0 Å². The molecule has 1 heteroatoms. The Morgan fingerprint density at radius 2 is 1.50 bits per heavy atom. The Balaban J connectivity index is 2.13. The lowest BCUT2D eigenvalue weighted by Crippen LogP contribution is -1.97. The van der Waals surface area contributed by atoms with E-state index in [0.717, 1.165) is 13.2 Å². The highest BCUT2D eigenvalue weighted by molar-refractivity contribution is 4.81. The highest BCUT2D eigenvalue weighted by atomic mass is 16.5. The number of hydrogen-bond donors (Lipinski definition) is 0. The molecule has 0 aromatic heterocycles. The van der Waals surface area contributed by atoms with Gasteiger partial charge in [-0.25, -0.2) is 0 Å². The minimum atomic E-state index is 0.949. The van der Waals surface area contributed by atoms with Crippen molar-refractivity contribution in [3.63, 3.8) is 0 Å². The van der Waals surface area contributed by atoms with Crippen LogP contribution in [-0.4, -0.2) is 13.2 Å². The fraction of sp³-hybridized carbons (Fsp3) is 0.778. The SMILES string of the molecule is C1=C/CCCOCCCC/1. The van der Waals surface area contributed by atoms with Gasteiger partial charge in [-0.3, -0.25) is 0 Å². The Bertz CT molecular complexity index is 84.9. The zero-order valence-corrected chi connectivity index (χ0v) is 6.51. The monoisotopic (exact) mass is 140 g/mol. The Labute approximate surface area is 63.1 Å². The number of ether oxygens (including phenoxy) is 1. The third kappa shape index (κ3) is 3.67. The second kappa shape index (κ2) is 5.48. The summed E-state index contributed by atoms with van der Waals surface area (Å²) in [7, 11) is 0. The van der Waals surface area contributed by atoms with Gasteiger partial charge in [-0.2, -0.15) is 0 Å². The summed E-state index contributed by atoms with van der Waals surface area (Å²) in [5, 5.41) is 0. The molecule has 0 spiro atoms. The van der Waals surface area contributed by atoms with E-state index in [2.05, 4.69) is 12.2 Å². The summed E-state index contributed by atoms with van der Waals surface area (Å²) >= 11 is 0. The summed E-state index contributed by atoms with van der Waals surface area (Å²) in [5.41, 5.74) is 0. The minimum Gasteiger partial charge on any atom is -0.381 e. The van der Waals surface area contributed by atoms with Crippen molar-refractivity contribution in [2.24, 2.45) is 0 Å². The molecule has 1 aliphatic heterocycles. The molecule has 0 amide bonds. The Morgan fingerprint density at radius 3 is 2.40 bits per heavy atom. The van der Waals surface area contributed by atoms with Gasteiger partial charge < -0.3 is 4.74 Å². The van der Waals surface area contributed by atoms with E-state index in [1.165, 1.54) is 32.1 Å². The molecule has 0 aromatic rings. The van der Waals surface area contributed by atoms with Gasteiger partial charge in [-0.1, -0.05) is 12.2 Å². The highest BCUT2D eigenvalue weighted by Crippen LogP contribution is 2.02. The maximum atomic E-state index is 5.38. The van der Waals surface area contributed by atoms with Crippen LogP contribution in [0.1, 0.15) is 32.1 Å². The number of rotatable bonds is 0. The molecular formula is C9H16O. The van der Waals surface area contributed by atoms with Crippen LogP contribution in [0.5, 0.6) is 0 Å². The van der Waals surface area contributed by atoms with E-state index < -0.39 is 0 Å². The number of allylic oxidation sites excluding steroid dienone is 2. The Morgan fingerprint density at radius 1 is 0.800 bits per heavy atom. The van der Waals surface area contributed by atoms with E-state index in [1.807, 2.05) is 0 Å². The summed E-state index contributed by atoms with van der Waals surface area (Å²) in [6.07, 6.45) is 10.7. The van der Waals surface area contributed by atoms with Gasteiger partial charge >= 0.3 is 0 Å². The third-order valence-electron chi connectivity index (χ3n) is 1.74. The molecule has 0 aromatic carbocycles. The molecule has 0 radical (unpaired) electrons. The maximum Gasteiger partial charge on any atom is 0.0468 e. The molecule has 1 nitrogen and oxygen atoms in total. The van der Waals surface area contributed by atoms with E-state index in [1.54, 1.807) is 0 Å².